The van der Waals surface area contributed by atoms with Crippen molar-refractivity contribution in [2.45, 2.75) is 52.5 Å². The Morgan fingerprint density at radius 2 is 1.77 bits per heavy atom. The van der Waals surface area contributed by atoms with Crippen LogP contribution in [0.25, 0.3) is 0 Å². The maximum absolute atomic E-state index is 12.5. The lowest BCUT2D eigenvalue weighted by atomic mass is 9.69. The molecular weight excluding hydrogens is 328 g/mol. The van der Waals surface area contributed by atoms with Crippen molar-refractivity contribution >= 4 is 17.7 Å². The smallest absolute Gasteiger partial charge is 0.261 e. The molecule has 5 nitrogen and oxygen atoms in total. The van der Waals surface area contributed by atoms with Crippen LogP contribution in [0.3, 0.4) is 0 Å². The molecule has 2 saturated carbocycles. The molecule has 0 spiro atoms. The van der Waals surface area contributed by atoms with Gasteiger partial charge in [-0.25, -0.2) is 0 Å². The lowest BCUT2D eigenvalue weighted by Gasteiger charge is -2.39. The molecule has 2 aliphatic carbocycles. The van der Waals surface area contributed by atoms with E-state index in [0.717, 1.165) is 12.8 Å². The van der Waals surface area contributed by atoms with Crippen LogP contribution in [0.1, 0.15) is 67.2 Å². The summed E-state index contributed by atoms with van der Waals surface area (Å²) in [5, 5.41) is 3.19. The minimum absolute atomic E-state index is 0.0730. The van der Waals surface area contributed by atoms with Gasteiger partial charge in [-0.1, -0.05) is 32.9 Å². The summed E-state index contributed by atoms with van der Waals surface area (Å²) in [4.78, 5) is 38.5. The van der Waals surface area contributed by atoms with Crippen LogP contribution in [-0.4, -0.2) is 35.2 Å². The molecule has 1 aromatic carbocycles. The van der Waals surface area contributed by atoms with Crippen molar-refractivity contribution in [3.8, 4) is 0 Å². The van der Waals surface area contributed by atoms with Crippen LogP contribution in [0.15, 0.2) is 24.3 Å². The minimum Gasteiger partial charge on any atom is -0.353 e. The van der Waals surface area contributed by atoms with Gasteiger partial charge in [0.2, 0.25) is 5.91 Å². The maximum atomic E-state index is 12.5. The molecule has 2 bridgehead atoms. The number of fused-ring (bicyclic) bond motifs is 3. The zero-order chi connectivity index (χ0) is 18.7. The third-order valence-electron chi connectivity index (χ3n) is 7.57. The summed E-state index contributed by atoms with van der Waals surface area (Å²) in [7, 11) is 0. The molecule has 1 aliphatic heterocycles. The Morgan fingerprint density at radius 3 is 2.27 bits per heavy atom. The van der Waals surface area contributed by atoms with Gasteiger partial charge in [-0.15, -0.1) is 0 Å². The first-order valence-electron chi connectivity index (χ1n) is 9.50. The number of rotatable bonds is 4. The molecule has 26 heavy (non-hydrogen) atoms. The number of imide groups is 1. The Bertz CT molecular complexity index is 765. The summed E-state index contributed by atoms with van der Waals surface area (Å²) in [5.41, 5.74) is 1.23. The molecule has 3 amide bonds. The fraction of sp³-hybridized carbons (Fsp3) is 0.571. The van der Waals surface area contributed by atoms with E-state index in [4.69, 9.17) is 0 Å². The van der Waals surface area contributed by atoms with Crippen LogP contribution in [0, 0.1) is 16.7 Å². The van der Waals surface area contributed by atoms with Crippen LogP contribution in [-0.2, 0) is 4.79 Å². The highest BCUT2D eigenvalue weighted by Gasteiger charge is 2.61. The van der Waals surface area contributed by atoms with Crippen molar-refractivity contribution in [2.24, 2.45) is 16.7 Å². The third kappa shape index (κ3) is 2.25. The van der Waals surface area contributed by atoms with E-state index < -0.39 is 0 Å². The molecule has 2 fully saturated rings. The van der Waals surface area contributed by atoms with Gasteiger partial charge in [-0.05, 0) is 48.1 Å². The van der Waals surface area contributed by atoms with E-state index in [0.29, 0.717) is 17.0 Å². The molecule has 1 aromatic rings. The normalized spacial score (nSPS) is 31.4. The zero-order valence-electron chi connectivity index (χ0n) is 15.7. The summed E-state index contributed by atoms with van der Waals surface area (Å²) in [6.45, 7) is 7.05. The Morgan fingerprint density at radius 1 is 1.15 bits per heavy atom. The number of hydrogen-bond donors (Lipinski definition) is 1. The van der Waals surface area contributed by atoms with Crippen LogP contribution in [0.2, 0.25) is 0 Å². The maximum Gasteiger partial charge on any atom is 0.261 e. The van der Waals surface area contributed by atoms with E-state index in [1.165, 1.54) is 11.3 Å². The molecular formula is C21H26N2O3. The number of nitrogens with one attached hydrogen (secondary N) is 1. The highest BCUT2D eigenvalue weighted by molar-refractivity contribution is 6.21. The van der Waals surface area contributed by atoms with Crippen molar-refractivity contribution in [1.29, 1.82) is 0 Å². The molecule has 0 saturated heterocycles. The summed E-state index contributed by atoms with van der Waals surface area (Å²) in [5.74, 6) is -0.0111. The molecule has 0 radical (unpaired) electrons. The van der Waals surface area contributed by atoms with Gasteiger partial charge in [0.15, 0.2) is 0 Å². The number of carbonyl (C=O) groups is 3. The van der Waals surface area contributed by atoms with E-state index >= 15 is 0 Å². The quantitative estimate of drug-likeness (QED) is 0.845. The lowest BCUT2D eigenvalue weighted by molar-refractivity contribution is -0.122. The first kappa shape index (κ1) is 17.3. The second-order valence-corrected chi connectivity index (χ2v) is 8.79. The summed E-state index contributed by atoms with van der Waals surface area (Å²) >= 11 is 0. The zero-order valence-corrected chi connectivity index (χ0v) is 15.7. The van der Waals surface area contributed by atoms with Gasteiger partial charge >= 0.3 is 0 Å². The fourth-order valence-corrected chi connectivity index (χ4v) is 5.34. The fourth-order valence-electron chi connectivity index (χ4n) is 5.34. The molecule has 1 heterocycles. The van der Waals surface area contributed by atoms with Gasteiger partial charge in [0, 0.05) is 19.0 Å². The number of nitrogens with zero attached hydrogens (tertiary/aromatic N) is 1. The molecule has 3 atom stereocenters. The Labute approximate surface area is 154 Å². The van der Waals surface area contributed by atoms with Crippen molar-refractivity contribution in [1.82, 2.24) is 10.2 Å². The standard InChI is InChI=1S/C21H26N2O3/c1-20(2)13-8-10-21(20,3)16(12-13)22-17(24)9-11-23-18(25)14-6-4-5-7-15(14)19(23)26/h4-7,13,16H,8-12H2,1-3H3,(H,22,24). The van der Waals surface area contributed by atoms with Gasteiger partial charge in [0.25, 0.3) is 11.8 Å². The Balaban J connectivity index is 1.38. The van der Waals surface area contributed by atoms with Crippen molar-refractivity contribution < 1.29 is 14.4 Å². The Kier molecular flexibility index (Phi) is 3.76. The van der Waals surface area contributed by atoms with Gasteiger partial charge in [-0.3, -0.25) is 19.3 Å². The van der Waals surface area contributed by atoms with E-state index in [9.17, 15) is 14.4 Å². The Hall–Kier alpha value is -2.17. The predicted octanol–water partition coefficient (Wildman–Crippen LogP) is 3.00. The first-order chi connectivity index (χ1) is 12.3. The molecule has 138 valence electrons. The second kappa shape index (κ2) is 5.66. The van der Waals surface area contributed by atoms with Gasteiger partial charge in [0.1, 0.15) is 0 Å². The van der Waals surface area contributed by atoms with E-state index in [1.54, 1.807) is 24.3 Å². The minimum atomic E-state index is -0.300. The van der Waals surface area contributed by atoms with Crippen LogP contribution in [0.4, 0.5) is 0 Å². The second-order valence-electron chi connectivity index (χ2n) is 8.79. The molecule has 0 aromatic heterocycles. The number of benzene rings is 1. The molecule has 5 heteroatoms. The number of carbonyl (C=O) groups excluding carboxylic acids is 3. The molecule has 3 unspecified atom stereocenters. The van der Waals surface area contributed by atoms with E-state index in [1.807, 2.05) is 0 Å². The van der Waals surface area contributed by atoms with Crippen LogP contribution < -0.4 is 5.32 Å². The van der Waals surface area contributed by atoms with Crippen molar-refractivity contribution in [3.63, 3.8) is 0 Å². The van der Waals surface area contributed by atoms with Gasteiger partial charge in [-0.2, -0.15) is 0 Å². The summed E-state index contributed by atoms with van der Waals surface area (Å²) in [6, 6.07) is 7.00. The predicted molar refractivity (Wildman–Crippen MR) is 97.6 cm³/mol. The SMILES string of the molecule is CC1(C)C2CCC1(C)C(NC(=O)CCN1C(=O)c3ccccc3C1=O)C2. The van der Waals surface area contributed by atoms with Gasteiger partial charge < -0.3 is 5.32 Å². The largest absolute Gasteiger partial charge is 0.353 e. The molecule has 4 rings (SSSR count). The summed E-state index contributed by atoms with van der Waals surface area (Å²) < 4.78 is 0. The first-order valence-corrected chi connectivity index (χ1v) is 9.50. The van der Waals surface area contributed by atoms with Crippen molar-refractivity contribution in [2.75, 3.05) is 6.54 Å². The average Bonchev–Trinajstić information content (AvgIpc) is 3.06. The topological polar surface area (TPSA) is 66.5 Å². The highest BCUT2D eigenvalue weighted by Crippen LogP contribution is 2.65. The van der Waals surface area contributed by atoms with Crippen LogP contribution >= 0.6 is 0 Å². The highest BCUT2D eigenvalue weighted by atomic mass is 16.2. The monoisotopic (exact) mass is 354 g/mol. The lowest BCUT2D eigenvalue weighted by Crippen LogP contribution is -2.47. The van der Waals surface area contributed by atoms with Crippen LogP contribution in [0.5, 0.6) is 0 Å². The van der Waals surface area contributed by atoms with E-state index in [2.05, 4.69) is 26.1 Å². The van der Waals surface area contributed by atoms with Crippen molar-refractivity contribution in [3.05, 3.63) is 35.4 Å². The third-order valence-corrected chi connectivity index (χ3v) is 7.57. The van der Waals surface area contributed by atoms with E-state index in [-0.39, 0.29) is 47.6 Å². The summed E-state index contributed by atoms with van der Waals surface area (Å²) in [6.07, 6.45) is 3.57. The molecule has 3 aliphatic rings. The van der Waals surface area contributed by atoms with Gasteiger partial charge in [0.05, 0.1) is 11.1 Å². The molecule has 1 N–H and O–H groups in total. The average molecular weight is 354 g/mol. The number of amides is 3. The number of hydrogen-bond acceptors (Lipinski definition) is 3.